The van der Waals surface area contributed by atoms with Gasteiger partial charge in [-0.1, -0.05) is 39.8 Å². The summed E-state index contributed by atoms with van der Waals surface area (Å²) in [5.41, 5.74) is 1.20. The molecule has 0 spiro atoms. The molecule has 1 heterocycles. The van der Waals surface area contributed by atoms with Crippen molar-refractivity contribution in [1.29, 1.82) is 0 Å². The molecule has 0 saturated heterocycles. The summed E-state index contributed by atoms with van der Waals surface area (Å²) in [7, 11) is 0. The normalized spacial score (nSPS) is 15.6. The van der Waals surface area contributed by atoms with Gasteiger partial charge in [0.05, 0.1) is 0 Å². The molecular formula is C14H24O2. The van der Waals surface area contributed by atoms with E-state index in [2.05, 4.69) is 13.5 Å². The molecule has 16 heavy (non-hydrogen) atoms. The van der Waals surface area contributed by atoms with Crippen molar-refractivity contribution < 1.29 is 9.47 Å². The Kier molecular flexibility index (Phi) is 8.41. The van der Waals surface area contributed by atoms with Gasteiger partial charge in [-0.15, -0.1) is 0 Å². The molecule has 1 rings (SSSR count). The van der Waals surface area contributed by atoms with E-state index in [1.807, 2.05) is 32.9 Å². The fraction of sp³-hybridized carbons (Fsp3) is 0.571. The monoisotopic (exact) mass is 224 g/mol. The highest BCUT2D eigenvalue weighted by Gasteiger charge is 2.09. The van der Waals surface area contributed by atoms with Crippen molar-refractivity contribution in [3.8, 4) is 0 Å². The Bertz CT molecular complexity index is 262. The standard InChI is InChI=1S/C12H18O2.C2H6/c1-4-6-11(5-2)9-12-10(3)13-7-8-14-12;1-2/h5,9H,2,4,6-8H2,1,3H3;1-2H3/b11-9+;. The van der Waals surface area contributed by atoms with Crippen LogP contribution in [0.5, 0.6) is 0 Å². The minimum Gasteiger partial charge on any atom is -0.491 e. The Morgan fingerprint density at radius 3 is 2.44 bits per heavy atom. The van der Waals surface area contributed by atoms with E-state index in [0.29, 0.717) is 13.2 Å². The van der Waals surface area contributed by atoms with Crippen molar-refractivity contribution in [1.82, 2.24) is 0 Å². The van der Waals surface area contributed by atoms with Crippen LogP contribution in [-0.2, 0) is 9.47 Å². The quantitative estimate of drug-likeness (QED) is 0.666. The molecule has 0 N–H and O–H groups in total. The molecule has 1 aliphatic heterocycles. The zero-order valence-electron chi connectivity index (χ0n) is 11.0. The van der Waals surface area contributed by atoms with Crippen molar-refractivity contribution in [3.05, 3.63) is 35.8 Å². The fourth-order valence-corrected chi connectivity index (χ4v) is 1.35. The average Bonchev–Trinajstić information content (AvgIpc) is 2.34. The number of hydrogen-bond donors (Lipinski definition) is 0. The van der Waals surface area contributed by atoms with Crippen LogP contribution >= 0.6 is 0 Å². The Hall–Kier alpha value is -1.18. The third kappa shape index (κ3) is 5.06. The van der Waals surface area contributed by atoms with Gasteiger partial charge in [0.1, 0.15) is 19.0 Å². The molecule has 0 unspecified atom stereocenters. The van der Waals surface area contributed by atoms with Crippen molar-refractivity contribution in [2.45, 2.75) is 40.5 Å². The Morgan fingerprint density at radius 1 is 1.31 bits per heavy atom. The molecule has 92 valence electrons. The second-order valence-corrected chi connectivity index (χ2v) is 3.29. The first-order valence-corrected chi connectivity index (χ1v) is 6.07. The summed E-state index contributed by atoms with van der Waals surface area (Å²) in [6.45, 7) is 13.2. The van der Waals surface area contributed by atoms with Crippen LogP contribution in [0.4, 0.5) is 0 Å². The number of hydrogen-bond acceptors (Lipinski definition) is 2. The van der Waals surface area contributed by atoms with Crippen molar-refractivity contribution in [2.75, 3.05) is 13.2 Å². The van der Waals surface area contributed by atoms with Gasteiger partial charge < -0.3 is 9.47 Å². The second kappa shape index (κ2) is 9.08. The molecule has 0 fully saturated rings. The third-order valence-corrected chi connectivity index (χ3v) is 2.12. The first-order valence-electron chi connectivity index (χ1n) is 6.07. The van der Waals surface area contributed by atoms with Gasteiger partial charge in [0.25, 0.3) is 0 Å². The zero-order chi connectivity index (χ0) is 12.4. The van der Waals surface area contributed by atoms with Gasteiger partial charge in [0.2, 0.25) is 0 Å². The summed E-state index contributed by atoms with van der Waals surface area (Å²) in [5, 5.41) is 0. The molecular weight excluding hydrogens is 200 g/mol. The van der Waals surface area contributed by atoms with E-state index >= 15 is 0 Å². The van der Waals surface area contributed by atoms with E-state index in [-0.39, 0.29) is 0 Å². The van der Waals surface area contributed by atoms with Crippen LogP contribution in [0.3, 0.4) is 0 Å². The maximum absolute atomic E-state index is 5.50. The Labute approximate surface area is 99.6 Å². The van der Waals surface area contributed by atoms with Crippen LogP contribution in [0.15, 0.2) is 35.8 Å². The first kappa shape index (κ1) is 14.8. The van der Waals surface area contributed by atoms with Crippen LogP contribution in [-0.4, -0.2) is 13.2 Å². The highest BCUT2D eigenvalue weighted by Crippen LogP contribution is 2.18. The molecule has 0 amide bonds. The molecule has 2 nitrogen and oxygen atoms in total. The van der Waals surface area contributed by atoms with Crippen LogP contribution in [0, 0.1) is 0 Å². The lowest BCUT2D eigenvalue weighted by atomic mass is 10.1. The summed E-state index contributed by atoms with van der Waals surface area (Å²) in [4.78, 5) is 0. The van der Waals surface area contributed by atoms with E-state index in [1.54, 1.807) is 0 Å². The van der Waals surface area contributed by atoms with Crippen LogP contribution in [0.2, 0.25) is 0 Å². The lowest BCUT2D eigenvalue weighted by Crippen LogP contribution is -2.11. The summed E-state index contributed by atoms with van der Waals surface area (Å²) in [6, 6.07) is 0. The number of ether oxygens (including phenoxy) is 2. The van der Waals surface area contributed by atoms with E-state index in [4.69, 9.17) is 9.47 Å². The van der Waals surface area contributed by atoms with E-state index < -0.39 is 0 Å². The van der Waals surface area contributed by atoms with Crippen molar-refractivity contribution in [2.24, 2.45) is 0 Å². The average molecular weight is 224 g/mol. The Balaban J connectivity index is 0.00000106. The second-order valence-electron chi connectivity index (χ2n) is 3.29. The summed E-state index contributed by atoms with van der Waals surface area (Å²) in [6.07, 6.45) is 6.04. The molecule has 0 aromatic heterocycles. The smallest absolute Gasteiger partial charge is 0.157 e. The van der Waals surface area contributed by atoms with E-state index in [1.165, 1.54) is 5.57 Å². The van der Waals surface area contributed by atoms with Gasteiger partial charge in [0, 0.05) is 0 Å². The highest BCUT2D eigenvalue weighted by molar-refractivity contribution is 5.27. The predicted octanol–water partition coefficient (Wildman–Crippen LogP) is 4.20. The largest absolute Gasteiger partial charge is 0.491 e. The number of rotatable bonds is 4. The maximum Gasteiger partial charge on any atom is 0.157 e. The first-order chi connectivity index (χ1) is 7.77. The fourth-order valence-electron chi connectivity index (χ4n) is 1.35. The molecule has 0 aliphatic carbocycles. The molecule has 0 radical (unpaired) electrons. The lowest BCUT2D eigenvalue weighted by molar-refractivity contribution is 0.0706. The minimum absolute atomic E-state index is 0.639. The topological polar surface area (TPSA) is 18.5 Å². The molecule has 0 bridgehead atoms. The molecule has 0 saturated carbocycles. The summed E-state index contributed by atoms with van der Waals surface area (Å²) >= 11 is 0. The molecule has 2 heteroatoms. The Morgan fingerprint density at radius 2 is 1.94 bits per heavy atom. The summed E-state index contributed by atoms with van der Waals surface area (Å²) in [5.74, 6) is 1.71. The third-order valence-electron chi connectivity index (χ3n) is 2.12. The van der Waals surface area contributed by atoms with Gasteiger partial charge in [-0.3, -0.25) is 0 Å². The zero-order valence-corrected chi connectivity index (χ0v) is 11.0. The van der Waals surface area contributed by atoms with Gasteiger partial charge in [0.15, 0.2) is 5.76 Å². The van der Waals surface area contributed by atoms with E-state index in [9.17, 15) is 0 Å². The van der Waals surface area contributed by atoms with E-state index in [0.717, 1.165) is 24.4 Å². The molecule has 1 aliphatic rings. The van der Waals surface area contributed by atoms with Gasteiger partial charge in [-0.05, 0) is 25.0 Å². The van der Waals surface area contributed by atoms with Crippen LogP contribution < -0.4 is 0 Å². The SMILES string of the molecule is C=C/C(=C\C1=C(C)OCCO1)CCC.CC. The lowest BCUT2D eigenvalue weighted by Gasteiger charge is -2.18. The van der Waals surface area contributed by atoms with Crippen molar-refractivity contribution >= 4 is 0 Å². The van der Waals surface area contributed by atoms with Crippen molar-refractivity contribution in [3.63, 3.8) is 0 Å². The summed E-state index contributed by atoms with van der Waals surface area (Å²) < 4.78 is 10.9. The predicted molar refractivity (Wildman–Crippen MR) is 69.1 cm³/mol. The van der Waals surface area contributed by atoms with Gasteiger partial charge >= 0.3 is 0 Å². The minimum atomic E-state index is 0.639. The maximum atomic E-state index is 5.50. The highest BCUT2D eigenvalue weighted by atomic mass is 16.6. The molecule has 0 aromatic carbocycles. The van der Waals surface area contributed by atoms with Crippen LogP contribution in [0.25, 0.3) is 0 Å². The van der Waals surface area contributed by atoms with Gasteiger partial charge in [-0.2, -0.15) is 0 Å². The molecule has 0 aromatic rings. The van der Waals surface area contributed by atoms with Crippen LogP contribution in [0.1, 0.15) is 40.5 Å². The van der Waals surface area contributed by atoms with Gasteiger partial charge in [-0.25, -0.2) is 0 Å². The molecule has 0 atom stereocenters. The number of allylic oxidation sites excluding steroid dienone is 4.